The van der Waals surface area contributed by atoms with E-state index in [0.717, 1.165) is 38.3 Å². The van der Waals surface area contributed by atoms with Gasteiger partial charge in [-0.1, -0.05) is 31.3 Å². The highest BCUT2D eigenvalue weighted by Gasteiger charge is 2.17. The van der Waals surface area contributed by atoms with Crippen LogP contribution in [0, 0.1) is 0 Å². The van der Waals surface area contributed by atoms with Crippen LogP contribution in [0.15, 0.2) is 28.8 Å². The van der Waals surface area contributed by atoms with Gasteiger partial charge in [0.05, 0.1) is 31.7 Å². The fraction of sp³-hybridized carbons (Fsp3) is 0.667. The zero-order chi connectivity index (χ0) is 19.5. The van der Waals surface area contributed by atoms with Gasteiger partial charge in [-0.3, -0.25) is 0 Å². The van der Waals surface area contributed by atoms with E-state index >= 15 is 0 Å². The predicted molar refractivity (Wildman–Crippen MR) is 121 cm³/mol. The number of rotatable bonds is 13. The van der Waals surface area contributed by atoms with Gasteiger partial charge < -0.3 is 34.2 Å². The minimum absolute atomic E-state index is 0. The molecule has 30 heavy (non-hydrogen) atoms. The van der Waals surface area contributed by atoms with Gasteiger partial charge in [-0.15, -0.1) is 24.8 Å². The second kappa shape index (κ2) is 17.5. The summed E-state index contributed by atoms with van der Waals surface area (Å²) in [5.74, 6) is 1.33. The summed E-state index contributed by atoms with van der Waals surface area (Å²) in [7, 11) is 0. The molecule has 2 aromatic rings. The van der Waals surface area contributed by atoms with Crippen molar-refractivity contribution in [2.75, 3.05) is 18.8 Å². The summed E-state index contributed by atoms with van der Waals surface area (Å²) in [6.45, 7) is 5.89. The van der Waals surface area contributed by atoms with Gasteiger partial charge in [0, 0.05) is 11.7 Å². The van der Waals surface area contributed by atoms with Gasteiger partial charge in [0.25, 0.3) is 0 Å². The lowest BCUT2D eigenvalue weighted by molar-refractivity contribution is -0.683. The summed E-state index contributed by atoms with van der Waals surface area (Å²) in [5, 5.41) is 13.1. The van der Waals surface area contributed by atoms with E-state index in [2.05, 4.69) is 37.6 Å². The molecule has 6 N–H and O–H groups in total. The highest BCUT2D eigenvalue weighted by atomic mass is 79.9. The van der Waals surface area contributed by atoms with Gasteiger partial charge in [0.15, 0.2) is 11.5 Å². The van der Waals surface area contributed by atoms with Crippen molar-refractivity contribution in [2.45, 2.75) is 65.1 Å². The third-order valence-electron chi connectivity index (χ3n) is 4.48. The molecule has 174 valence electrons. The number of nitrogens with zero attached hydrogens (tertiary/aromatic N) is 6. The molecular formula is C18H36BrCl2N9. The number of halogens is 3. The molecule has 0 aliphatic heterocycles. The second-order valence-electron chi connectivity index (χ2n) is 6.67. The van der Waals surface area contributed by atoms with Crippen molar-refractivity contribution in [1.82, 2.24) is 14.3 Å². The van der Waals surface area contributed by atoms with Crippen molar-refractivity contribution in [3.05, 3.63) is 18.6 Å². The summed E-state index contributed by atoms with van der Waals surface area (Å²) >= 11 is 0. The average molecular weight is 529 g/mol. The zero-order valence-electron chi connectivity index (χ0n) is 17.6. The molecule has 0 fully saturated rings. The summed E-state index contributed by atoms with van der Waals surface area (Å²) in [6.07, 6.45) is 12.3. The minimum atomic E-state index is 0. The number of aryl methyl sites for hydroxylation is 3. The monoisotopic (exact) mass is 527 g/mol. The lowest BCUT2D eigenvalue weighted by Gasteiger charge is -2.02. The molecule has 2 aromatic heterocycles. The fourth-order valence-corrected chi connectivity index (χ4v) is 2.87. The molecule has 0 atom stereocenters. The largest absolute Gasteiger partial charge is 1.00 e. The van der Waals surface area contributed by atoms with Gasteiger partial charge in [-0.2, -0.15) is 5.10 Å². The second-order valence-corrected chi connectivity index (χ2v) is 6.67. The van der Waals surface area contributed by atoms with Crippen LogP contribution in [0.4, 0.5) is 17.5 Å². The highest BCUT2D eigenvalue weighted by Crippen LogP contribution is 2.23. The topological polar surface area (TPSA) is 129 Å². The van der Waals surface area contributed by atoms with Crippen LogP contribution in [0.5, 0.6) is 0 Å². The normalized spacial score (nSPS) is 10.5. The number of azo groups is 1. The first kappa shape index (κ1) is 31.0. The first-order valence-corrected chi connectivity index (χ1v) is 9.93. The molecule has 0 saturated carbocycles. The highest BCUT2D eigenvalue weighted by molar-refractivity contribution is 5.85. The van der Waals surface area contributed by atoms with Crippen molar-refractivity contribution >= 4 is 42.3 Å². The Labute approximate surface area is 202 Å². The molecule has 0 aliphatic carbocycles. The van der Waals surface area contributed by atoms with Gasteiger partial charge >= 0.3 is 5.95 Å². The molecule has 0 bridgehead atoms. The van der Waals surface area contributed by atoms with Crippen molar-refractivity contribution in [3.8, 4) is 0 Å². The lowest BCUT2D eigenvalue weighted by atomic mass is 10.2. The van der Waals surface area contributed by atoms with Crippen molar-refractivity contribution in [2.24, 2.45) is 21.7 Å². The minimum Gasteiger partial charge on any atom is -1.00 e. The molecule has 9 nitrogen and oxygen atoms in total. The van der Waals surface area contributed by atoms with Gasteiger partial charge in [-0.05, 0) is 32.4 Å². The lowest BCUT2D eigenvalue weighted by Crippen LogP contribution is -3.00. The molecular weight excluding hydrogens is 493 g/mol. The summed E-state index contributed by atoms with van der Waals surface area (Å²) < 4.78 is 5.95. The molecule has 0 saturated heterocycles. The number of imidazole rings is 1. The Morgan fingerprint density at radius 3 is 2.40 bits per heavy atom. The summed E-state index contributed by atoms with van der Waals surface area (Å²) in [5.41, 5.74) is 17.9. The van der Waals surface area contributed by atoms with E-state index < -0.39 is 0 Å². The number of unbranched alkanes of at least 4 members (excludes halogenated alkanes) is 3. The van der Waals surface area contributed by atoms with Gasteiger partial charge in [0.1, 0.15) is 0 Å². The fourth-order valence-electron chi connectivity index (χ4n) is 2.87. The molecule has 0 amide bonds. The molecule has 0 aliphatic rings. The number of nitrogens with two attached hydrogens (primary N) is 3. The Morgan fingerprint density at radius 1 is 1.00 bits per heavy atom. The maximum atomic E-state index is 6.13. The Balaban J connectivity index is 0. The van der Waals surface area contributed by atoms with Crippen molar-refractivity contribution in [1.29, 1.82) is 0 Å². The van der Waals surface area contributed by atoms with Crippen LogP contribution in [0.25, 0.3) is 0 Å². The number of nitrogen functional groups attached to an aromatic ring is 1. The first-order chi connectivity index (χ1) is 13.2. The van der Waals surface area contributed by atoms with Crippen LogP contribution >= 0.6 is 24.8 Å². The van der Waals surface area contributed by atoms with E-state index in [9.17, 15) is 0 Å². The zero-order valence-corrected chi connectivity index (χ0v) is 20.8. The predicted octanol–water partition coefficient (Wildman–Crippen LogP) is 0.0952. The van der Waals surface area contributed by atoms with Gasteiger partial charge in [-0.25, -0.2) is 13.8 Å². The van der Waals surface area contributed by atoms with E-state index in [1.165, 1.54) is 19.3 Å². The summed E-state index contributed by atoms with van der Waals surface area (Å²) in [6, 6.07) is 0. The van der Waals surface area contributed by atoms with Crippen LogP contribution in [0.2, 0.25) is 0 Å². The Hall–Kier alpha value is -1.20. The van der Waals surface area contributed by atoms with E-state index in [4.69, 9.17) is 17.2 Å². The molecule has 0 unspecified atom stereocenters. The first-order valence-electron chi connectivity index (χ1n) is 9.93. The number of hydrogen-bond acceptors (Lipinski definition) is 6. The van der Waals surface area contributed by atoms with Crippen LogP contribution in [-0.2, 0) is 19.6 Å². The third-order valence-corrected chi connectivity index (χ3v) is 4.48. The quantitative estimate of drug-likeness (QED) is 0.193. The van der Waals surface area contributed by atoms with E-state index in [1.807, 2.05) is 6.20 Å². The Bertz CT molecular complexity index is 719. The molecule has 0 aromatic carbocycles. The molecule has 2 heterocycles. The van der Waals surface area contributed by atoms with Crippen LogP contribution in [0.3, 0.4) is 0 Å². The van der Waals surface area contributed by atoms with Gasteiger partial charge in [0.2, 0.25) is 0 Å². The van der Waals surface area contributed by atoms with Crippen LogP contribution in [-0.4, -0.2) is 27.4 Å². The third kappa shape index (κ3) is 9.30. The maximum Gasteiger partial charge on any atom is 0.421 e. The van der Waals surface area contributed by atoms with Crippen molar-refractivity contribution < 1.29 is 21.5 Å². The number of hydrogen-bond donors (Lipinski definition) is 3. The molecule has 2 rings (SSSR count). The average Bonchev–Trinajstić information content (AvgIpc) is 3.23. The van der Waals surface area contributed by atoms with E-state index in [1.54, 1.807) is 10.9 Å². The van der Waals surface area contributed by atoms with E-state index in [-0.39, 0.29) is 41.8 Å². The summed E-state index contributed by atoms with van der Waals surface area (Å²) in [4.78, 5) is 0. The molecule has 12 heteroatoms. The standard InChI is InChI=1S/C18H33N9.BrH.2ClH/c1-2-3-4-5-10-25-13-14-26(11-6-8-19)18(25)24-23-16-15-22-27(17(16)21)12-7-9-20;;;/h13-15,21H,2-12,19-20H2,1H3;3*1H. The van der Waals surface area contributed by atoms with E-state index in [0.29, 0.717) is 31.1 Å². The SMILES string of the molecule is CCCCCCn1cc[n+](CCCN)c1/N=N/c1cnn(CCCN)c1N.Cl.Cl.[Br-]. The molecule has 0 spiro atoms. The van der Waals surface area contributed by atoms with Crippen LogP contribution in [0.1, 0.15) is 45.4 Å². The smallest absolute Gasteiger partial charge is 0.421 e. The maximum absolute atomic E-state index is 6.13. The number of aromatic nitrogens is 4. The number of anilines is 1. The Morgan fingerprint density at radius 2 is 1.73 bits per heavy atom. The molecule has 0 radical (unpaired) electrons. The van der Waals surface area contributed by atoms with Crippen LogP contribution < -0.4 is 38.7 Å². The Kier molecular flexibility index (Phi) is 18.1. The van der Waals surface area contributed by atoms with Crippen molar-refractivity contribution in [3.63, 3.8) is 0 Å².